The molecule has 0 bridgehead atoms. The molecule has 4 N–H and O–H groups in total. The molecule has 0 radical (unpaired) electrons. The Morgan fingerprint density at radius 2 is 1.49 bits per heavy atom. The zero-order valence-corrected chi connectivity index (χ0v) is 27.9. The molecule has 4 aromatic rings. The van der Waals surface area contributed by atoms with Crippen molar-refractivity contribution in [2.45, 2.75) is 75.1 Å². The van der Waals surface area contributed by atoms with Gasteiger partial charge < -0.3 is 30.1 Å². The van der Waals surface area contributed by atoms with Gasteiger partial charge in [0.15, 0.2) is 6.29 Å². The molecular weight excluding hydrogens is 642 g/mol. The maximum absolute atomic E-state index is 12.4. The molecule has 1 amide bonds. The number of thioether (sulfide) groups is 1. The van der Waals surface area contributed by atoms with Gasteiger partial charge in [-0.05, 0) is 64.9 Å². The van der Waals surface area contributed by atoms with Gasteiger partial charge in [-0.1, -0.05) is 79.2 Å². The molecule has 256 valence electrons. The van der Waals surface area contributed by atoms with E-state index >= 15 is 0 Å². The van der Waals surface area contributed by atoms with E-state index in [0.29, 0.717) is 49.3 Å². The van der Waals surface area contributed by atoms with Gasteiger partial charge in [-0.15, -0.1) is 11.8 Å². The predicted octanol–water partition coefficient (Wildman–Crippen LogP) is 7.53. The van der Waals surface area contributed by atoms with Gasteiger partial charge in [0.1, 0.15) is 0 Å². The van der Waals surface area contributed by atoms with Crippen LogP contribution in [0.4, 0.5) is 0 Å². The van der Waals surface area contributed by atoms with E-state index in [4.69, 9.17) is 14.6 Å². The second-order valence-electron chi connectivity index (χ2n) is 12.0. The highest BCUT2D eigenvalue weighted by atomic mass is 32.2. The summed E-state index contributed by atoms with van der Waals surface area (Å²) >= 11 is 1.45. The second kappa shape index (κ2) is 17.8. The highest BCUT2D eigenvalue weighted by Crippen LogP contribution is 2.40. The lowest BCUT2D eigenvalue weighted by molar-refractivity contribution is -0.245. The smallest absolute Gasteiger partial charge is 0.336 e. The van der Waals surface area contributed by atoms with Crippen molar-refractivity contribution < 1.29 is 39.2 Å². The number of unbranched alkanes of at least 4 members (excludes halogenated alkanes) is 2. The number of aliphatic carboxylic acids is 1. The number of carbonyl (C=O) groups excluding carboxylic acids is 1. The van der Waals surface area contributed by atoms with Gasteiger partial charge in [0.2, 0.25) is 5.91 Å². The topological polar surface area (TPSA) is 142 Å². The number of aromatic carboxylic acids is 1. The zero-order chi connectivity index (χ0) is 34.6. The maximum atomic E-state index is 12.4. The van der Waals surface area contributed by atoms with Gasteiger partial charge in [-0.25, -0.2) is 4.79 Å². The summed E-state index contributed by atoms with van der Waals surface area (Å²) in [5, 5.41) is 30.9. The molecule has 1 heterocycles. The standard InChI is InChI=1S/C39H41NO8S/c41-24-26-16-18-28(19-17-26)34-22-32(25-49-35-13-5-4-12-33(35)38(45)46)47-39(48-34)31-11-7-10-30(21-31)29-9-6-8-27(20-29)23-40-36(42)14-2-1-3-15-37(43)44/h4-13,16-21,32,34,39,41H,1-3,14-15,22-25H2,(H,40,42)(H,43,44)(H,45,46)/t32-,34+,39+/m1/s1. The summed E-state index contributed by atoms with van der Waals surface area (Å²) in [7, 11) is 0. The Hall–Kier alpha value is -4.48. The summed E-state index contributed by atoms with van der Waals surface area (Å²) < 4.78 is 13.1. The number of rotatable bonds is 16. The van der Waals surface area contributed by atoms with Crippen molar-refractivity contribution >= 4 is 29.6 Å². The molecule has 1 aliphatic heterocycles. The summed E-state index contributed by atoms with van der Waals surface area (Å²) in [5.41, 5.74) is 5.78. The lowest BCUT2D eigenvalue weighted by atomic mass is 9.99. The van der Waals surface area contributed by atoms with Crippen LogP contribution in [0.15, 0.2) is 102 Å². The molecule has 0 saturated carbocycles. The van der Waals surface area contributed by atoms with E-state index in [0.717, 1.165) is 33.4 Å². The van der Waals surface area contributed by atoms with Crippen LogP contribution in [0.2, 0.25) is 0 Å². The molecule has 10 heteroatoms. The van der Waals surface area contributed by atoms with Gasteiger partial charge in [0.05, 0.1) is 24.4 Å². The number of nitrogens with one attached hydrogen (secondary N) is 1. The number of benzene rings is 4. The average Bonchev–Trinajstić information content (AvgIpc) is 3.13. The number of ether oxygens (including phenoxy) is 2. The van der Waals surface area contributed by atoms with Crippen LogP contribution in [0.3, 0.4) is 0 Å². The predicted molar refractivity (Wildman–Crippen MR) is 187 cm³/mol. The third-order valence-electron chi connectivity index (χ3n) is 8.36. The molecule has 5 rings (SSSR count). The largest absolute Gasteiger partial charge is 0.481 e. The highest BCUT2D eigenvalue weighted by molar-refractivity contribution is 7.99. The third kappa shape index (κ3) is 10.5. The minimum absolute atomic E-state index is 0.0453. The number of aliphatic hydroxyl groups is 1. The highest BCUT2D eigenvalue weighted by Gasteiger charge is 2.32. The molecule has 0 aromatic heterocycles. The maximum Gasteiger partial charge on any atom is 0.336 e. The first-order valence-electron chi connectivity index (χ1n) is 16.4. The van der Waals surface area contributed by atoms with Crippen molar-refractivity contribution in [2.75, 3.05) is 5.75 Å². The number of hydrogen-bond acceptors (Lipinski definition) is 7. The van der Waals surface area contributed by atoms with Crippen LogP contribution in [0.25, 0.3) is 11.1 Å². The van der Waals surface area contributed by atoms with Gasteiger partial charge in [-0.3, -0.25) is 9.59 Å². The third-order valence-corrected chi connectivity index (χ3v) is 9.57. The van der Waals surface area contributed by atoms with Crippen molar-refractivity contribution in [3.63, 3.8) is 0 Å². The quantitative estimate of drug-likeness (QED) is 0.0696. The van der Waals surface area contributed by atoms with E-state index < -0.39 is 18.2 Å². The number of carbonyl (C=O) groups is 3. The van der Waals surface area contributed by atoms with Crippen molar-refractivity contribution in [3.8, 4) is 11.1 Å². The first-order chi connectivity index (χ1) is 23.8. The number of aliphatic hydroxyl groups excluding tert-OH is 1. The van der Waals surface area contributed by atoms with E-state index in [-0.39, 0.29) is 36.7 Å². The molecular formula is C39H41NO8S. The summed E-state index contributed by atoms with van der Waals surface area (Å²) in [6, 6.07) is 30.6. The molecule has 3 atom stereocenters. The summed E-state index contributed by atoms with van der Waals surface area (Å²) in [4.78, 5) is 35.5. The van der Waals surface area contributed by atoms with Crippen molar-refractivity contribution in [2.24, 2.45) is 0 Å². The van der Waals surface area contributed by atoms with Crippen LogP contribution < -0.4 is 5.32 Å². The molecule has 0 aliphatic carbocycles. The summed E-state index contributed by atoms with van der Waals surface area (Å²) in [6.07, 6.45) is 1.80. The van der Waals surface area contributed by atoms with E-state index in [1.165, 1.54) is 11.8 Å². The Labute approximate surface area is 290 Å². The van der Waals surface area contributed by atoms with Crippen LogP contribution in [-0.2, 0) is 32.2 Å². The summed E-state index contributed by atoms with van der Waals surface area (Å²) in [5.74, 6) is -1.31. The molecule has 1 aliphatic rings. The second-order valence-corrected chi connectivity index (χ2v) is 13.1. The fraction of sp³-hybridized carbons (Fsp3) is 0.308. The Kier molecular flexibility index (Phi) is 13.0. The van der Waals surface area contributed by atoms with Crippen LogP contribution in [-0.4, -0.2) is 45.0 Å². The number of carboxylic acids is 2. The van der Waals surface area contributed by atoms with Crippen LogP contribution in [0.1, 0.15) is 83.5 Å². The Morgan fingerprint density at radius 3 is 2.24 bits per heavy atom. The first-order valence-corrected chi connectivity index (χ1v) is 17.4. The van der Waals surface area contributed by atoms with Gasteiger partial charge >= 0.3 is 11.9 Å². The lowest BCUT2D eigenvalue weighted by Gasteiger charge is -2.36. The molecule has 0 unspecified atom stereocenters. The number of amides is 1. The molecule has 1 saturated heterocycles. The number of carboxylic acid groups (broad SMARTS) is 2. The monoisotopic (exact) mass is 683 g/mol. The Bertz CT molecular complexity index is 1730. The molecule has 9 nitrogen and oxygen atoms in total. The fourth-order valence-corrected chi connectivity index (χ4v) is 6.79. The number of hydrogen-bond donors (Lipinski definition) is 4. The lowest BCUT2D eigenvalue weighted by Crippen LogP contribution is -2.31. The molecule has 4 aromatic carbocycles. The Morgan fingerprint density at radius 1 is 0.755 bits per heavy atom. The summed E-state index contributed by atoms with van der Waals surface area (Å²) in [6.45, 7) is 0.341. The van der Waals surface area contributed by atoms with E-state index in [9.17, 15) is 24.6 Å². The normalized spacial score (nSPS) is 17.4. The van der Waals surface area contributed by atoms with Gasteiger partial charge in [0, 0.05) is 42.0 Å². The van der Waals surface area contributed by atoms with Crippen molar-refractivity contribution in [3.05, 3.63) is 125 Å². The van der Waals surface area contributed by atoms with E-state index in [1.54, 1.807) is 12.1 Å². The SMILES string of the molecule is O=C(O)CCCCCC(=O)NCc1cccc(-c2cccc([C@H]3O[C@@H](CSc4ccccc4C(=O)O)C[C@@H](c4ccc(CO)cc4)O3)c2)c1. The first kappa shape index (κ1) is 35.8. The van der Waals surface area contributed by atoms with Crippen LogP contribution >= 0.6 is 11.8 Å². The van der Waals surface area contributed by atoms with Gasteiger partial charge in [0.25, 0.3) is 0 Å². The van der Waals surface area contributed by atoms with Crippen molar-refractivity contribution in [1.82, 2.24) is 5.32 Å². The van der Waals surface area contributed by atoms with Crippen LogP contribution in [0, 0.1) is 0 Å². The fourth-order valence-electron chi connectivity index (χ4n) is 5.73. The molecule has 49 heavy (non-hydrogen) atoms. The van der Waals surface area contributed by atoms with Crippen LogP contribution in [0.5, 0.6) is 0 Å². The average molecular weight is 684 g/mol. The molecule has 1 fully saturated rings. The van der Waals surface area contributed by atoms with Gasteiger partial charge in [-0.2, -0.15) is 0 Å². The zero-order valence-electron chi connectivity index (χ0n) is 27.1. The minimum Gasteiger partial charge on any atom is -0.481 e. The van der Waals surface area contributed by atoms with E-state index in [1.807, 2.05) is 84.9 Å². The molecule has 0 spiro atoms. The van der Waals surface area contributed by atoms with E-state index in [2.05, 4.69) is 5.32 Å². The minimum atomic E-state index is -0.969. The van der Waals surface area contributed by atoms with Crippen molar-refractivity contribution in [1.29, 1.82) is 0 Å². The Balaban J connectivity index is 1.28.